The largest absolute Gasteiger partial charge is 0.481 e. The molecule has 0 radical (unpaired) electrons. The number of fused-ring (bicyclic) bond motifs is 7. The van der Waals surface area contributed by atoms with E-state index in [1.165, 1.54) is 32.1 Å². The van der Waals surface area contributed by atoms with Crippen molar-refractivity contribution in [2.45, 2.75) is 123 Å². The van der Waals surface area contributed by atoms with Gasteiger partial charge in [0.15, 0.2) is 5.79 Å². The van der Waals surface area contributed by atoms with Crippen LogP contribution in [0, 0.1) is 52.3 Å². The van der Waals surface area contributed by atoms with Crippen LogP contribution in [-0.4, -0.2) is 41.6 Å². The molecule has 1 spiro atoms. The summed E-state index contributed by atoms with van der Waals surface area (Å²) in [5, 5.41) is 8.87. The zero-order valence-electron chi connectivity index (χ0n) is 23.4. The lowest BCUT2D eigenvalue weighted by Gasteiger charge is -2.61. The SMILES string of the molecule is CC1C2[C@H](CC3C4CCC5C[C@@H](OC(=O)CCC(=O)O)CC[C@]5(C)C4CC[C@@]32C)O[C@]12C[C@H](C)CCO2. The van der Waals surface area contributed by atoms with E-state index in [4.69, 9.17) is 19.3 Å². The van der Waals surface area contributed by atoms with Crippen molar-refractivity contribution in [3.05, 3.63) is 0 Å². The summed E-state index contributed by atoms with van der Waals surface area (Å²) >= 11 is 0. The normalized spacial score (nSPS) is 52.6. The summed E-state index contributed by atoms with van der Waals surface area (Å²) in [5.41, 5.74) is 0.667. The molecule has 0 amide bonds. The number of aliphatic carboxylic acids is 1. The van der Waals surface area contributed by atoms with Crippen LogP contribution in [0.3, 0.4) is 0 Å². The maximum Gasteiger partial charge on any atom is 0.306 e. The number of hydrogen-bond acceptors (Lipinski definition) is 5. The molecular formula is C31H48O6. The van der Waals surface area contributed by atoms with E-state index in [0.29, 0.717) is 40.6 Å². The first-order valence-corrected chi connectivity index (χ1v) is 15.3. The molecule has 1 N–H and O–H groups in total. The van der Waals surface area contributed by atoms with E-state index in [2.05, 4.69) is 27.7 Å². The summed E-state index contributed by atoms with van der Waals surface area (Å²) in [6.07, 6.45) is 11.7. The lowest BCUT2D eigenvalue weighted by Crippen LogP contribution is -2.55. The highest BCUT2D eigenvalue weighted by Crippen LogP contribution is 2.71. The molecule has 0 aromatic heterocycles. The van der Waals surface area contributed by atoms with Crippen LogP contribution in [0.5, 0.6) is 0 Å². The predicted octanol–water partition coefficient (Wildman–Crippen LogP) is 6.21. The van der Waals surface area contributed by atoms with Crippen molar-refractivity contribution in [1.82, 2.24) is 0 Å². The molecule has 0 aromatic carbocycles. The van der Waals surface area contributed by atoms with Crippen LogP contribution in [0.1, 0.15) is 105 Å². The Morgan fingerprint density at radius 2 is 1.73 bits per heavy atom. The molecule has 6 unspecified atom stereocenters. The molecule has 6 aliphatic rings. The van der Waals surface area contributed by atoms with E-state index in [-0.39, 0.29) is 30.7 Å². The third-order valence-electron chi connectivity index (χ3n) is 12.7. The van der Waals surface area contributed by atoms with Crippen molar-refractivity contribution in [2.24, 2.45) is 52.3 Å². The standard InChI is InChI=1S/C31H48O6/c1-18-11-14-35-31(17-18)19(2)28-25(37-31)16-24-22-6-5-20-15-21(36-27(34)8-7-26(32)33)9-12-29(20,3)23(22)10-13-30(24,28)4/h18-25,28H,5-17H2,1-4H3,(H,32,33)/t18-,19?,20?,21+,22?,23?,24?,25+,28?,29+,30+,31-/m1/s1. The number of carbonyl (C=O) groups is 2. The topological polar surface area (TPSA) is 82.1 Å². The van der Waals surface area contributed by atoms with E-state index < -0.39 is 5.97 Å². The van der Waals surface area contributed by atoms with Crippen LogP contribution in [0.4, 0.5) is 0 Å². The maximum absolute atomic E-state index is 12.2. The minimum atomic E-state index is -0.942. The Balaban J connectivity index is 1.14. The number of carbonyl (C=O) groups excluding carboxylic acids is 1. The molecule has 6 fully saturated rings. The van der Waals surface area contributed by atoms with Crippen LogP contribution in [0.25, 0.3) is 0 Å². The number of carboxylic acid groups (broad SMARTS) is 1. The summed E-state index contributed by atoms with van der Waals surface area (Å²) < 4.78 is 19.1. The van der Waals surface area contributed by atoms with Crippen molar-refractivity contribution >= 4 is 11.9 Å². The third-order valence-corrected chi connectivity index (χ3v) is 12.7. The highest BCUT2D eigenvalue weighted by molar-refractivity contribution is 5.76. The van der Waals surface area contributed by atoms with Gasteiger partial charge in [-0.25, -0.2) is 0 Å². The summed E-state index contributed by atoms with van der Waals surface area (Å²) in [7, 11) is 0. The maximum atomic E-state index is 12.2. The quantitative estimate of drug-likeness (QED) is 0.448. The van der Waals surface area contributed by atoms with Crippen molar-refractivity contribution in [3.63, 3.8) is 0 Å². The number of esters is 1. The molecule has 208 valence electrons. The van der Waals surface area contributed by atoms with E-state index >= 15 is 0 Å². The Kier molecular flexibility index (Phi) is 6.50. The number of hydrogen-bond donors (Lipinski definition) is 1. The second-order valence-electron chi connectivity index (χ2n) is 14.4. The Morgan fingerprint density at radius 3 is 2.49 bits per heavy atom. The van der Waals surface area contributed by atoms with Gasteiger partial charge in [-0.05, 0) is 104 Å². The fourth-order valence-electron chi connectivity index (χ4n) is 10.9. The minimum Gasteiger partial charge on any atom is -0.481 e. The molecule has 6 rings (SSSR count). The molecule has 37 heavy (non-hydrogen) atoms. The lowest BCUT2D eigenvalue weighted by molar-refractivity contribution is -0.273. The van der Waals surface area contributed by atoms with Gasteiger partial charge in [0.05, 0.1) is 25.6 Å². The first kappa shape index (κ1) is 26.1. The van der Waals surface area contributed by atoms with Gasteiger partial charge in [-0.15, -0.1) is 0 Å². The number of ether oxygens (including phenoxy) is 3. The van der Waals surface area contributed by atoms with Crippen molar-refractivity contribution in [2.75, 3.05) is 6.61 Å². The van der Waals surface area contributed by atoms with E-state index in [1.807, 2.05) is 0 Å². The van der Waals surface area contributed by atoms with Gasteiger partial charge in [-0.2, -0.15) is 0 Å². The van der Waals surface area contributed by atoms with Gasteiger partial charge < -0.3 is 19.3 Å². The van der Waals surface area contributed by atoms with Crippen LogP contribution in [0.15, 0.2) is 0 Å². The first-order valence-electron chi connectivity index (χ1n) is 15.3. The molecular weight excluding hydrogens is 468 g/mol. The Bertz CT molecular complexity index is 919. The Morgan fingerprint density at radius 1 is 0.946 bits per heavy atom. The van der Waals surface area contributed by atoms with Crippen molar-refractivity contribution in [3.8, 4) is 0 Å². The molecule has 4 saturated carbocycles. The smallest absolute Gasteiger partial charge is 0.306 e. The Labute approximate surface area is 222 Å². The molecule has 6 nitrogen and oxygen atoms in total. The van der Waals surface area contributed by atoms with E-state index in [0.717, 1.165) is 56.5 Å². The Hall–Kier alpha value is -1.14. The van der Waals surface area contributed by atoms with Gasteiger partial charge in [0.25, 0.3) is 0 Å². The molecule has 2 heterocycles. The highest BCUT2D eigenvalue weighted by atomic mass is 16.7. The fraction of sp³-hybridized carbons (Fsp3) is 0.935. The van der Waals surface area contributed by atoms with Gasteiger partial charge in [-0.3, -0.25) is 9.59 Å². The third kappa shape index (κ3) is 4.10. The molecule has 0 bridgehead atoms. The number of rotatable bonds is 4. The van der Waals surface area contributed by atoms with Gasteiger partial charge in [-0.1, -0.05) is 27.7 Å². The zero-order valence-corrected chi connectivity index (χ0v) is 23.4. The van der Waals surface area contributed by atoms with Gasteiger partial charge in [0.2, 0.25) is 0 Å². The lowest BCUT2D eigenvalue weighted by atomic mass is 9.44. The number of carboxylic acids is 1. The second-order valence-corrected chi connectivity index (χ2v) is 14.4. The molecule has 6 heteroatoms. The van der Waals surface area contributed by atoms with Gasteiger partial charge >= 0.3 is 11.9 Å². The zero-order chi connectivity index (χ0) is 26.2. The average molecular weight is 517 g/mol. The summed E-state index contributed by atoms with van der Waals surface area (Å²) in [4.78, 5) is 23.0. The van der Waals surface area contributed by atoms with Gasteiger partial charge in [0, 0.05) is 12.3 Å². The van der Waals surface area contributed by atoms with Crippen LogP contribution in [-0.2, 0) is 23.8 Å². The second kappa shape index (κ2) is 9.21. The summed E-state index contributed by atoms with van der Waals surface area (Å²) in [6, 6.07) is 0. The molecule has 4 aliphatic carbocycles. The van der Waals surface area contributed by atoms with E-state index in [9.17, 15) is 9.59 Å². The van der Waals surface area contributed by atoms with Gasteiger partial charge in [0.1, 0.15) is 6.10 Å². The predicted molar refractivity (Wildman–Crippen MR) is 138 cm³/mol. The van der Waals surface area contributed by atoms with E-state index in [1.54, 1.807) is 0 Å². The summed E-state index contributed by atoms with van der Waals surface area (Å²) in [5.74, 6) is 2.98. The minimum absolute atomic E-state index is 0.0210. The van der Waals surface area contributed by atoms with Crippen LogP contribution in [0.2, 0.25) is 0 Å². The fourth-order valence-corrected chi connectivity index (χ4v) is 10.9. The first-order chi connectivity index (χ1) is 17.6. The van der Waals surface area contributed by atoms with Crippen LogP contribution < -0.4 is 0 Å². The van der Waals surface area contributed by atoms with Crippen molar-refractivity contribution in [1.29, 1.82) is 0 Å². The highest BCUT2D eigenvalue weighted by Gasteiger charge is 2.69. The average Bonchev–Trinajstić information content (AvgIpc) is 3.27. The molecule has 0 aromatic rings. The summed E-state index contributed by atoms with van der Waals surface area (Å²) in [6.45, 7) is 10.8. The molecule has 2 saturated heterocycles. The molecule has 2 aliphatic heterocycles. The monoisotopic (exact) mass is 516 g/mol. The van der Waals surface area contributed by atoms with Crippen molar-refractivity contribution < 1.29 is 28.9 Å². The van der Waals surface area contributed by atoms with Crippen LogP contribution >= 0.6 is 0 Å². The molecule has 12 atom stereocenters.